The summed E-state index contributed by atoms with van der Waals surface area (Å²) in [5, 5.41) is 13.1. The zero-order chi connectivity index (χ0) is 20.5. The van der Waals surface area contributed by atoms with Gasteiger partial charge in [-0.15, -0.1) is 0 Å². The minimum Gasteiger partial charge on any atom is -0.375 e. The molecule has 6 rings (SSSR count). The van der Waals surface area contributed by atoms with Crippen LogP contribution < -0.4 is 4.90 Å². The second kappa shape index (κ2) is 7.72. The van der Waals surface area contributed by atoms with E-state index in [-0.39, 0.29) is 5.91 Å². The number of carbonyl (C=O) groups is 1. The molecule has 152 valence electrons. The van der Waals surface area contributed by atoms with Crippen molar-refractivity contribution in [3.05, 3.63) is 54.1 Å². The minimum atomic E-state index is 0.121. The van der Waals surface area contributed by atoms with Crippen LogP contribution in [0.15, 0.2) is 42.9 Å². The molecule has 9 heteroatoms. The number of carbonyl (C=O) groups excluding carboxylic acids is 1. The number of pyridine rings is 2. The zero-order valence-electron chi connectivity index (χ0n) is 16.4. The second-order valence-electron chi connectivity index (χ2n) is 7.62. The number of hydrogen-bond acceptors (Lipinski definition) is 7. The van der Waals surface area contributed by atoms with Crippen molar-refractivity contribution in [3.8, 4) is 6.07 Å². The lowest BCUT2D eigenvalue weighted by Crippen LogP contribution is -2.70. The lowest BCUT2D eigenvalue weighted by Gasteiger charge is -2.57. The lowest BCUT2D eigenvalue weighted by atomic mass is 9.87. The van der Waals surface area contributed by atoms with Crippen LogP contribution in [0.5, 0.6) is 0 Å². The molecule has 0 saturated carbocycles. The number of hydrogen-bond donors (Lipinski definition) is 0. The average Bonchev–Trinajstić information content (AvgIpc) is 3.27. The number of fused-ring (bicyclic) bond motifs is 3. The number of piperidine rings is 1. The summed E-state index contributed by atoms with van der Waals surface area (Å²) in [4.78, 5) is 25.4. The molecule has 0 spiro atoms. The van der Waals surface area contributed by atoms with E-state index in [1.165, 1.54) is 6.33 Å². The molecule has 2 atom stereocenters. The molecule has 3 aliphatic heterocycles. The highest BCUT2D eigenvalue weighted by Gasteiger charge is 2.46. The van der Waals surface area contributed by atoms with Gasteiger partial charge in [-0.2, -0.15) is 10.4 Å². The van der Waals surface area contributed by atoms with Gasteiger partial charge in [-0.3, -0.25) is 4.79 Å². The van der Waals surface area contributed by atoms with Crippen molar-refractivity contribution in [1.29, 1.82) is 5.26 Å². The van der Waals surface area contributed by atoms with Crippen LogP contribution in [-0.2, 0) is 16.1 Å². The van der Waals surface area contributed by atoms with Gasteiger partial charge in [0, 0.05) is 19.3 Å². The van der Waals surface area contributed by atoms with Crippen LogP contribution in [0.2, 0.25) is 0 Å². The van der Waals surface area contributed by atoms with E-state index in [4.69, 9.17) is 10.00 Å². The molecule has 2 bridgehead atoms. The van der Waals surface area contributed by atoms with Crippen LogP contribution in [0.1, 0.15) is 24.1 Å². The third-order valence-corrected chi connectivity index (χ3v) is 5.78. The number of nitriles is 1. The van der Waals surface area contributed by atoms with Crippen LogP contribution in [0.4, 0.5) is 5.82 Å². The van der Waals surface area contributed by atoms with Gasteiger partial charge in [0.1, 0.15) is 18.2 Å². The van der Waals surface area contributed by atoms with Gasteiger partial charge < -0.3 is 14.5 Å². The summed E-state index contributed by atoms with van der Waals surface area (Å²) in [5.74, 6) is 1.00. The summed E-state index contributed by atoms with van der Waals surface area (Å²) in [7, 11) is 0. The number of rotatable bonds is 6. The Kier molecular flexibility index (Phi) is 4.77. The van der Waals surface area contributed by atoms with E-state index >= 15 is 0 Å². The Bertz CT molecular complexity index is 1090. The van der Waals surface area contributed by atoms with E-state index < -0.39 is 0 Å². The van der Waals surface area contributed by atoms with Gasteiger partial charge in [0.25, 0.3) is 0 Å². The van der Waals surface area contributed by atoms with E-state index in [0.717, 1.165) is 23.6 Å². The summed E-state index contributed by atoms with van der Waals surface area (Å²) in [5.41, 5.74) is 2.24. The van der Waals surface area contributed by atoms with Gasteiger partial charge >= 0.3 is 0 Å². The predicted octanol–water partition coefficient (Wildman–Crippen LogP) is 1.39. The molecule has 3 aliphatic rings. The molecule has 0 aromatic carbocycles. The molecule has 3 aromatic rings. The highest BCUT2D eigenvalue weighted by atomic mass is 16.5. The maximum Gasteiger partial charge on any atom is 0.225 e. The molecule has 3 fully saturated rings. The topological polar surface area (TPSA) is 99.7 Å². The standard InChI is InChI=1S/C21H21N7O2/c22-9-15-4-5-19(23-10-15)27-17-8-18(27)12-26(11-17)21(29)6-7-30-13-16-2-1-3-20-24-14-25-28(16)20/h1-5,10,14,17-18H,6-8,11-13H2. The fraction of sp³-hybridized carbons (Fsp3) is 0.381. The Morgan fingerprint density at radius 2 is 2.07 bits per heavy atom. The quantitative estimate of drug-likeness (QED) is 0.574. The summed E-state index contributed by atoms with van der Waals surface area (Å²) >= 11 is 0. The van der Waals surface area contributed by atoms with E-state index in [9.17, 15) is 4.79 Å². The molecular formula is C21H21N7O2. The smallest absolute Gasteiger partial charge is 0.225 e. The third-order valence-electron chi connectivity index (χ3n) is 5.78. The highest BCUT2D eigenvalue weighted by molar-refractivity contribution is 5.77. The number of nitrogens with zero attached hydrogens (tertiary/aromatic N) is 7. The monoisotopic (exact) mass is 403 g/mol. The van der Waals surface area contributed by atoms with E-state index in [1.807, 2.05) is 29.2 Å². The van der Waals surface area contributed by atoms with Crippen molar-refractivity contribution in [2.45, 2.75) is 31.5 Å². The van der Waals surface area contributed by atoms with Gasteiger partial charge in [-0.1, -0.05) is 6.07 Å². The maximum absolute atomic E-state index is 12.6. The largest absolute Gasteiger partial charge is 0.375 e. The van der Waals surface area contributed by atoms with E-state index in [2.05, 4.69) is 26.0 Å². The van der Waals surface area contributed by atoms with Gasteiger partial charge in [0.2, 0.25) is 5.91 Å². The molecule has 0 N–H and O–H groups in total. The van der Waals surface area contributed by atoms with E-state index in [0.29, 0.717) is 50.4 Å². The Balaban J connectivity index is 1.11. The van der Waals surface area contributed by atoms with Crippen LogP contribution in [0, 0.1) is 11.3 Å². The molecule has 0 aliphatic carbocycles. The van der Waals surface area contributed by atoms with Gasteiger partial charge in [-0.25, -0.2) is 14.5 Å². The fourth-order valence-electron chi connectivity index (χ4n) is 4.30. The Hall–Kier alpha value is -3.51. The fourth-order valence-corrected chi connectivity index (χ4v) is 4.30. The number of amides is 1. The van der Waals surface area contributed by atoms with Crippen molar-refractivity contribution in [2.75, 3.05) is 24.6 Å². The first-order chi connectivity index (χ1) is 14.7. The molecule has 0 radical (unpaired) electrons. The van der Waals surface area contributed by atoms with Crippen molar-refractivity contribution >= 4 is 17.4 Å². The van der Waals surface area contributed by atoms with Crippen LogP contribution in [-0.4, -0.2) is 62.2 Å². The summed E-state index contributed by atoms with van der Waals surface area (Å²) in [6, 6.07) is 12.1. The first-order valence-electron chi connectivity index (χ1n) is 10.0. The molecule has 1 amide bonds. The Morgan fingerprint density at radius 1 is 1.20 bits per heavy atom. The second-order valence-corrected chi connectivity index (χ2v) is 7.62. The minimum absolute atomic E-state index is 0.121. The van der Waals surface area contributed by atoms with Gasteiger partial charge in [0.15, 0.2) is 5.65 Å². The van der Waals surface area contributed by atoms with Crippen LogP contribution in [0.3, 0.4) is 0 Å². The van der Waals surface area contributed by atoms with Crippen LogP contribution >= 0.6 is 0 Å². The van der Waals surface area contributed by atoms with Crippen LogP contribution in [0.25, 0.3) is 5.65 Å². The maximum atomic E-state index is 12.6. The first-order valence-corrected chi connectivity index (χ1v) is 10.0. The molecule has 30 heavy (non-hydrogen) atoms. The predicted molar refractivity (Wildman–Crippen MR) is 107 cm³/mol. The van der Waals surface area contributed by atoms with Crippen molar-refractivity contribution in [1.82, 2.24) is 24.5 Å². The summed E-state index contributed by atoms with van der Waals surface area (Å²) in [6.45, 7) is 2.17. The number of aromatic nitrogens is 4. The normalized spacial score (nSPS) is 20.1. The number of anilines is 1. The molecular weight excluding hydrogens is 382 g/mol. The third kappa shape index (κ3) is 3.35. The summed E-state index contributed by atoms with van der Waals surface area (Å²) < 4.78 is 7.47. The molecule has 2 unspecified atom stereocenters. The lowest BCUT2D eigenvalue weighted by molar-refractivity contribution is -0.135. The first kappa shape index (κ1) is 18.5. The number of piperazine rings is 1. The van der Waals surface area contributed by atoms with Gasteiger partial charge in [-0.05, 0) is 30.7 Å². The molecule has 9 nitrogen and oxygen atoms in total. The van der Waals surface area contributed by atoms with Crippen molar-refractivity contribution in [2.24, 2.45) is 0 Å². The van der Waals surface area contributed by atoms with E-state index in [1.54, 1.807) is 16.8 Å². The molecule has 3 saturated heterocycles. The van der Waals surface area contributed by atoms with Crippen molar-refractivity contribution < 1.29 is 9.53 Å². The summed E-state index contributed by atoms with van der Waals surface area (Å²) in [6.07, 6.45) is 4.55. The van der Waals surface area contributed by atoms with Crippen molar-refractivity contribution in [3.63, 3.8) is 0 Å². The highest BCUT2D eigenvalue weighted by Crippen LogP contribution is 2.36. The SMILES string of the molecule is N#Cc1ccc(N2C3CC2CN(C(=O)CCOCc2cccc4ncnn24)C3)nc1. The van der Waals surface area contributed by atoms with Gasteiger partial charge in [0.05, 0.1) is 43.0 Å². The Morgan fingerprint density at radius 3 is 2.83 bits per heavy atom. The zero-order valence-corrected chi connectivity index (χ0v) is 16.4. The molecule has 3 aromatic heterocycles. The average molecular weight is 403 g/mol. The Labute approximate surface area is 173 Å². The number of ether oxygens (including phenoxy) is 1. The molecule has 6 heterocycles.